The summed E-state index contributed by atoms with van der Waals surface area (Å²) in [5, 5.41) is 0. The number of aromatic nitrogens is 2. The van der Waals surface area contributed by atoms with Crippen LogP contribution in [0.2, 0.25) is 0 Å². The SMILES string of the molecule is CCOC(OCC)c1c(I)ncn1C. The van der Waals surface area contributed by atoms with Gasteiger partial charge in [-0.3, -0.25) is 0 Å². The topological polar surface area (TPSA) is 36.3 Å². The van der Waals surface area contributed by atoms with E-state index in [9.17, 15) is 0 Å². The quantitative estimate of drug-likeness (QED) is 0.617. The molecule has 0 radical (unpaired) electrons. The predicted octanol–water partition coefficient (Wildman–Crippen LogP) is 2.10. The Morgan fingerprint density at radius 2 is 2.00 bits per heavy atom. The molecule has 0 N–H and O–H groups in total. The maximum absolute atomic E-state index is 5.50. The molecule has 4 nitrogen and oxygen atoms in total. The molecule has 1 aromatic heterocycles. The van der Waals surface area contributed by atoms with Crippen LogP contribution in [0.3, 0.4) is 0 Å². The lowest BCUT2D eigenvalue weighted by molar-refractivity contribution is -0.144. The van der Waals surface area contributed by atoms with Gasteiger partial charge >= 0.3 is 0 Å². The molecule has 80 valence electrons. The summed E-state index contributed by atoms with van der Waals surface area (Å²) in [7, 11) is 1.94. The van der Waals surface area contributed by atoms with Gasteiger partial charge in [0.15, 0.2) is 0 Å². The van der Waals surface area contributed by atoms with E-state index in [1.54, 1.807) is 6.33 Å². The van der Waals surface area contributed by atoms with Gasteiger partial charge in [-0.2, -0.15) is 0 Å². The molecular formula is C9H15IN2O2. The maximum atomic E-state index is 5.50. The molecule has 0 saturated carbocycles. The highest BCUT2D eigenvalue weighted by atomic mass is 127. The monoisotopic (exact) mass is 310 g/mol. The van der Waals surface area contributed by atoms with Crippen LogP contribution in [0, 0.1) is 3.70 Å². The summed E-state index contributed by atoms with van der Waals surface area (Å²) in [5.74, 6) is 0. The van der Waals surface area contributed by atoms with Gasteiger partial charge in [-0.1, -0.05) is 0 Å². The van der Waals surface area contributed by atoms with Gasteiger partial charge in [0.05, 0.1) is 6.33 Å². The minimum atomic E-state index is -0.301. The Hall–Kier alpha value is -0.140. The van der Waals surface area contributed by atoms with Crippen molar-refractivity contribution in [3.05, 3.63) is 15.7 Å². The summed E-state index contributed by atoms with van der Waals surface area (Å²) in [6.07, 6.45) is 1.46. The van der Waals surface area contributed by atoms with Crippen molar-refractivity contribution in [2.24, 2.45) is 7.05 Å². The molecule has 0 saturated heterocycles. The highest BCUT2D eigenvalue weighted by Crippen LogP contribution is 2.22. The molecule has 0 unspecified atom stereocenters. The first-order chi connectivity index (χ1) is 6.70. The predicted molar refractivity (Wildman–Crippen MR) is 61.9 cm³/mol. The van der Waals surface area contributed by atoms with Crippen LogP contribution in [0.5, 0.6) is 0 Å². The fraction of sp³-hybridized carbons (Fsp3) is 0.667. The molecule has 14 heavy (non-hydrogen) atoms. The molecule has 0 spiro atoms. The van der Waals surface area contributed by atoms with Gasteiger partial charge in [0.2, 0.25) is 6.29 Å². The minimum Gasteiger partial charge on any atom is -0.347 e. The van der Waals surface area contributed by atoms with Gasteiger partial charge in [-0.25, -0.2) is 4.98 Å². The molecule has 0 aliphatic rings. The van der Waals surface area contributed by atoms with Crippen molar-refractivity contribution in [3.8, 4) is 0 Å². The zero-order valence-electron chi connectivity index (χ0n) is 8.66. The Balaban J connectivity index is 2.85. The van der Waals surface area contributed by atoms with Gasteiger partial charge in [0, 0.05) is 20.3 Å². The number of aryl methyl sites for hydroxylation is 1. The number of imidazole rings is 1. The summed E-state index contributed by atoms with van der Waals surface area (Å²) in [5.41, 5.74) is 0.981. The summed E-state index contributed by atoms with van der Waals surface area (Å²) in [6, 6.07) is 0. The van der Waals surface area contributed by atoms with Gasteiger partial charge in [-0.05, 0) is 36.4 Å². The molecule has 0 amide bonds. The van der Waals surface area contributed by atoms with Crippen LogP contribution in [-0.4, -0.2) is 22.8 Å². The van der Waals surface area contributed by atoms with E-state index in [4.69, 9.17) is 9.47 Å². The number of hydrogen-bond donors (Lipinski definition) is 0. The van der Waals surface area contributed by atoms with Gasteiger partial charge in [0.25, 0.3) is 0 Å². The molecule has 1 rings (SSSR count). The first-order valence-electron chi connectivity index (χ1n) is 4.60. The van der Waals surface area contributed by atoms with Crippen LogP contribution in [-0.2, 0) is 16.5 Å². The second kappa shape index (κ2) is 5.67. The Bertz CT molecular complexity index is 263. The Kier molecular flexibility index (Phi) is 4.83. The first kappa shape index (κ1) is 11.9. The molecule has 0 aliphatic heterocycles. The van der Waals surface area contributed by atoms with Crippen molar-refractivity contribution >= 4 is 22.6 Å². The van der Waals surface area contributed by atoms with Crippen molar-refractivity contribution in [3.63, 3.8) is 0 Å². The average molecular weight is 310 g/mol. The summed E-state index contributed by atoms with van der Waals surface area (Å²) in [4.78, 5) is 4.19. The molecule has 0 aromatic carbocycles. The third-order valence-corrected chi connectivity index (χ3v) is 2.63. The summed E-state index contributed by atoms with van der Waals surface area (Å²) >= 11 is 2.18. The van der Waals surface area contributed by atoms with E-state index in [-0.39, 0.29) is 6.29 Å². The lowest BCUT2D eigenvalue weighted by Crippen LogP contribution is -2.13. The van der Waals surface area contributed by atoms with Crippen LogP contribution in [0.15, 0.2) is 6.33 Å². The number of hydrogen-bond acceptors (Lipinski definition) is 3. The largest absolute Gasteiger partial charge is 0.347 e. The zero-order chi connectivity index (χ0) is 10.6. The third kappa shape index (κ3) is 2.68. The first-order valence-corrected chi connectivity index (χ1v) is 5.68. The van der Waals surface area contributed by atoms with Crippen molar-refractivity contribution in [1.82, 2.24) is 9.55 Å². The van der Waals surface area contributed by atoms with Crippen molar-refractivity contribution < 1.29 is 9.47 Å². The van der Waals surface area contributed by atoms with E-state index >= 15 is 0 Å². The molecule has 0 bridgehead atoms. The van der Waals surface area contributed by atoms with Gasteiger partial charge in [-0.15, -0.1) is 0 Å². The smallest absolute Gasteiger partial charge is 0.201 e. The van der Waals surface area contributed by atoms with Crippen LogP contribution in [0.25, 0.3) is 0 Å². The summed E-state index contributed by atoms with van der Waals surface area (Å²) < 4.78 is 13.9. The Morgan fingerprint density at radius 3 is 2.36 bits per heavy atom. The van der Waals surface area contributed by atoms with Crippen molar-refractivity contribution in [2.45, 2.75) is 20.1 Å². The lowest BCUT2D eigenvalue weighted by atomic mass is 10.4. The fourth-order valence-corrected chi connectivity index (χ4v) is 1.94. The average Bonchev–Trinajstić information content (AvgIpc) is 2.46. The Morgan fingerprint density at radius 1 is 1.43 bits per heavy atom. The normalized spacial score (nSPS) is 11.2. The standard InChI is InChI=1S/C9H15IN2O2/c1-4-13-9(14-5-2)7-8(10)11-6-12(7)3/h6,9H,4-5H2,1-3H3. The molecule has 5 heteroatoms. The molecular weight excluding hydrogens is 295 g/mol. The summed E-state index contributed by atoms with van der Waals surface area (Å²) in [6.45, 7) is 5.17. The van der Waals surface area contributed by atoms with E-state index in [1.165, 1.54) is 0 Å². The Labute approximate surface area is 97.7 Å². The molecule has 0 aliphatic carbocycles. The molecule has 1 aromatic rings. The van der Waals surface area contributed by atoms with E-state index in [0.717, 1.165) is 9.39 Å². The highest BCUT2D eigenvalue weighted by molar-refractivity contribution is 14.1. The van der Waals surface area contributed by atoms with Crippen LogP contribution in [0.1, 0.15) is 25.8 Å². The van der Waals surface area contributed by atoms with Crippen LogP contribution < -0.4 is 0 Å². The van der Waals surface area contributed by atoms with Crippen molar-refractivity contribution in [1.29, 1.82) is 0 Å². The number of ether oxygens (including phenoxy) is 2. The zero-order valence-corrected chi connectivity index (χ0v) is 10.8. The second-order valence-electron chi connectivity index (χ2n) is 2.77. The van der Waals surface area contributed by atoms with Crippen LogP contribution >= 0.6 is 22.6 Å². The maximum Gasteiger partial charge on any atom is 0.201 e. The fourth-order valence-electron chi connectivity index (χ4n) is 1.18. The third-order valence-electron chi connectivity index (χ3n) is 1.79. The second-order valence-corrected chi connectivity index (χ2v) is 3.80. The van der Waals surface area contributed by atoms with E-state index in [0.29, 0.717) is 13.2 Å². The number of nitrogens with zero attached hydrogens (tertiary/aromatic N) is 2. The lowest BCUT2D eigenvalue weighted by Gasteiger charge is -2.17. The molecule has 0 atom stereocenters. The van der Waals surface area contributed by atoms with Gasteiger partial charge < -0.3 is 14.0 Å². The van der Waals surface area contributed by atoms with E-state index in [2.05, 4.69) is 27.6 Å². The van der Waals surface area contributed by atoms with E-state index in [1.807, 2.05) is 25.5 Å². The van der Waals surface area contributed by atoms with E-state index < -0.39 is 0 Å². The van der Waals surface area contributed by atoms with Gasteiger partial charge in [0.1, 0.15) is 9.39 Å². The number of rotatable bonds is 5. The molecule has 1 heterocycles. The highest BCUT2D eigenvalue weighted by Gasteiger charge is 2.18. The van der Waals surface area contributed by atoms with Crippen molar-refractivity contribution in [2.75, 3.05) is 13.2 Å². The van der Waals surface area contributed by atoms with Crippen LogP contribution in [0.4, 0.5) is 0 Å². The molecule has 0 fully saturated rings. The number of halogens is 1. The minimum absolute atomic E-state index is 0.301.